The maximum absolute atomic E-state index is 12.6. The first-order valence-electron chi connectivity index (χ1n) is 8.16. The van der Waals surface area contributed by atoms with Crippen molar-refractivity contribution in [3.63, 3.8) is 0 Å². The van der Waals surface area contributed by atoms with Crippen molar-refractivity contribution < 1.29 is 19.5 Å². The molecule has 1 aromatic rings. The fourth-order valence-electron chi connectivity index (χ4n) is 3.03. The van der Waals surface area contributed by atoms with Gasteiger partial charge in [-0.3, -0.25) is 14.4 Å². The van der Waals surface area contributed by atoms with Crippen LogP contribution in [0.5, 0.6) is 0 Å². The highest BCUT2D eigenvalue weighted by Gasteiger charge is 2.32. The fraction of sp³-hybridized carbons (Fsp3) is 0.500. The van der Waals surface area contributed by atoms with Crippen molar-refractivity contribution in [2.24, 2.45) is 5.41 Å². The molecule has 0 aromatic heterocycles. The molecule has 2 N–H and O–H groups in total. The third kappa shape index (κ3) is 4.81. The summed E-state index contributed by atoms with van der Waals surface area (Å²) in [6.45, 7) is 4.11. The molecule has 130 valence electrons. The Hall–Kier alpha value is -2.37. The molecule has 0 aliphatic carbocycles. The zero-order valence-electron chi connectivity index (χ0n) is 14.1. The molecule has 1 atom stereocenters. The predicted molar refractivity (Wildman–Crippen MR) is 90.6 cm³/mol. The lowest BCUT2D eigenvalue weighted by Crippen LogP contribution is -2.52. The molecule has 0 spiro atoms. The number of carboxylic acid groups (broad SMARTS) is 1. The summed E-state index contributed by atoms with van der Waals surface area (Å²) in [5.41, 5.74) is 0.180. The van der Waals surface area contributed by atoms with Crippen LogP contribution in [0.4, 0.5) is 5.69 Å². The van der Waals surface area contributed by atoms with Crippen molar-refractivity contribution in [1.29, 1.82) is 0 Å². The van der Waals surface area contributed by atoms with E-state index in [0.717, 1.165) is 12.1 Å². The van der Waals surface area contributed by atoms with E-state index in [4.69, 9.17) is 5.11 Å². The summed E-state index contributed by atoms with van der Waals surface area (Å²) in [5.74, 6) is -1.33. The molecule has 1 aliphatic rings. The van der Waals surface area contributed by atoms with E-state index in [2.05, 4.69) is 5.32 Å². The molecular formula is C18H24N2O4. The molecule has 1 aliphatic heterocycles. The molecular weight excluding hydrogens is 308 g/mol. The van der Waals surface area contributed by atoms with Crippen molar-refractivity contribution in [2.45, 2.75) is 45.6 Å². The van der Waals surface area contributed by atoms with Crippen LogP contribution in [-0.4, -0.2) is 35.5 Å². The Morgan fingerprint density at radius 3 is 2.54 bits per heavy atom. The van der Waals surface area contributed by atoms with Gasteiger partial charge in [0.25, 0.3) is 0 Å². The molecule has 6 nitrogen and oxygen atoms in total. The fourth-order valence-corrected chi connectivity index (χ4v) is 3.03. The number of carboxylic acids is 1. The second kappa shape index (κ2) is 7.47. The van der Waals surface area contributed by atoms with E-state index in [-0.39, 0.29) is 24.7 Å². The number of amides is 2. The lowest BCUT2D eigenvalue weighted by Gasteiger charge is -2.33. The van der Waals surface area contributed by atoms with Gasteiger partial charge in [-0.1, -0.05) is 32.0 Å². The van der Waals surface area contributed by atoms with Crippen LogP contribution in [0.15, 0.2) is 30.3 Å². The van der Waals surface area contributed by atoms with E-state index in [1.165, 1.54) is 0 Å². The molecule has 1 fully saturated rings. The maximum Gasteiger partial charge on any atom is 0.303 e. The van der Waals surface area contributed by atoms with Crippen molar-refractivity contribution in [2.75, 3.05) is 11.4 Å². The minimum Gasteiger partial charge on any atom is -0.481 e. The quantitative estimate of drug-likeness (QED) is 0.836. The Labute approximate surface area is 141 Å². The molecule has 24 heavy (non-hydrogen) atoms. The molecule has 1 heterocycles. The Balaban J connectivity index is 1.98. The topological polar surface area (TPSA) is 86.7 Å². The highest BCUT2D eigenvalue weighted by molar-refractivity contribution is 5.99. The van der Waals surface area contributed by atoms with Gasteiger partial charge in [0.15, 0.2) is 0 Å². The normalized spacial score (nSPS) is 18.3. The average molecular weight is 332 g/mol. The van der Waals surface area contributed by atoms with Gasteiger partial charge in [-0.15, -0.1) is 0 Å². The molecule has 0 saturated carbocycles. The highest BCUT2D eigenvalue weighted by Crippen LogP contribution is 2.25. The summed E-state index contributed by atoms with van der Waals surface area (Å²) >= 11 is 0. The lowest BCUT2D eigenvalue weighted by atomic mass is 9.85. The maximum atomic E-state index is 12.6. The first-order chi connectivity index (χ1) is 11.3. The summed E-state index contributed by atoms with van der Waals surface area (Å²) in [5, 5.41) is 11.7. The van der Waals surface area contributed by atoms with Gasteiger partial charge in [0.2, 0.25) is 11.8 Å². The average Bonchev–Trinajstić information content (AvgIpc) is 2.48. The van der Waals surface area contributed by atoms with Crippen LogP contribution in [-0.2, 0) is 14.4 Å². The number of nitrogens with one attached hydrogen (secondary N) is 1. The van der Waals surface area contributed by atoms with E-state index in [1.54, 1.807) is 18.7 Å². The van der Waals surface area contributed by atoms with E-state index in [1.807, 2.05) is 30.3 Å². The van der Waals surface area contributed by atoms with E-state index in [9.17, 15) is 14.4 Å². The minimum atomic E-state index is -0.934. The molecule has 2 rings (SSSR count). The Morgan fingerprint density at radius 1 is 1.25 bits per heavy atom. The van der Waals surface area contributed by atoms with E-state index >= 15 is 0 Å². The number of piperidine rings is 1. The number of benzene rings is 1. The summed E-state index contributed by atoms with van der Waals surface area (Å²) < 4.78 is 0. The van der Waals surface area contributed by atoms with Gasteiger partial charge in [0.1, 0.15) is 6.04 Å². The van der Waals surface area contributed by atoms with Gasteiger partial charge in [-0.25, -0.2) is 0 Å². The molecule has 0 bridgehead atoms. The lowest BCUT2D eigenvalue weighted by molar-refractivity contribution is -0.140. The molecule has 1 aromatic carbocycles. The standard InChI is InChI=1S/C18H24N2O4/c1-18(2,12-16(22)23)11-15(21)19-14-9-6-10-20(17(14)24)13-7-4-3-5-8-13/h3-5,7-8,14H,6,9-12H2,1-2H3,(H,19,21)(H,22,23). The van der Waals surface area contributed by atoms with Crippen LogP contribution < -0.4 is 10.2 Å². The molecule has 6 heteroatoms. The van der Waals surface area contributed by atoms with Gasteiger partial charge < -0.3 is 15.3 Å². The van der Waals surface area contributed by atoms with Gasteiger partial charge in [-0.2, -0.15) is 0 Å². The Morgan fingerprint density at radius 2 is 1.92 bits per heavy atom. The summed E-state index contributed by atoms with van der Waals surface area (Å²) in [6, 6.07) is 8.84. The van der Waals surface area contributed by atoms with Crippen LogP contribution in [0.3, 0.4) is 0 Å². The van der Waals surface area contributed by atoms with Crippen molar-refractivity contribution >= 4 is 23.5 Å². The Bertz CT molecular complexity index is 613. The smallest absolute Gasteiger partial charge is 0.303 e. The summed E-state index contributed by atoms with van der Waals surface area (Å²) in [4.78, 5) is 37.4. The van der Waals surface area contributed by atoms with Gasteiger partial charge >= 0.3 is 5.97 Å². The minimum absolute atomic E-state index is 0.0778. The number of nitrogens with zero attached hydrogens (tertiary/aromatic N) is 1. The largest absolute Gasteiger partial charge is 0.481 e. The van der Waals surface area contributed by atoms with Gasteiger partial charge in [0.05, 0.1) is 6.42 Å². The van der Waals surface area contributed by atoms with Crippen LogP contribution >= 0.6 is 0 Å². The number of hydrogen-bond donors (Lipinski definition) is 2. The van der Waals surface area contributed by atoms with E-state index < -0.39 is 17.4 Å². The van der Waals surface area contributed by atoms with Crippen LogP contribution in [0.2, 0.25) is 0 Å². The van der Waals surface area contributed by atoms with Crippen molar-refractivity contribution in [3.05, 3.63) is 30.3 Å². The highest BCUT2D eigenvalue weighted by atomic mass is 16.4. The second-order valence-corrected chi connectivity index (χ2v) is 7.00. The number of anilines is 1. The number of aliphatic carboxylic acids is 1. The molecule has 1 saturated heterocycles. The van der Waals surface area contributed by atoms with Gasteiger partial charge in [0, 0.05) is 18.7 Å². The SMILES string of the molecule is CC(C)(CC(=O)O)CC(=O)NC1CCCN(c2ccccc2)C1=O. The monoisotopic (exact) mass is 332 g/mol. The van der Waals surface area contributed by atoms with Crippen LogP contribution in [0.25, 0.3) is 0 Å². The molecule has 2 amide bonds. The number of carbonyl (C=O) groups is 3. The third-order valence-corrected chi connectivity index (χ3v) is 4.11. The van der Waals surface area contributed by atoms with E-state index in [0.29, 0.717) is 13.0 Å². The van der Waals surface area contributed by atoms with Gasteiger partial charge in [-0.05, 0) is 30.4 Å². The molecule has 1 unspecified atom stereocenters. The second-order valence-electron chi connectivity index (χ2n) is 7.00. The summed E-state index contributed by atoms with van der Waals surface area (Å²) in [6.07, 6.45) is 1.40. The number of para-hydroxylation sites is 1. The Kier molecular flexibility index (Phi) is 5.59. The van der Waals surface area contributed by atoms with Crippen molar-refractivity contribution in [1.82, 2.24) is 5.32 Å². The zero-order chi connectivity index (χ0) is 17.7. The predicted octanol–water partition coefficient (Wildman–Crippen LogP) is 2.19. The van der Waals surface area contributed by atoms with Crippen molar-refractivity contribution in [3.8, 4) is 0 Å². The van der Waals surface area contributed by atoms with Crippen LogP contribution in [0, 0.1) is 5.41 Å². The third-order valence-electron chi connectivity index (χ3n) is 4.11. The number of hydrogen-bond acceptors (Lipinski definition) is 3. The first-order valence-corrected chi connectivity index (χ1v) is 8.16. The first kappa shape index (κ1) is 18.0. The summed E-state index contributed by atoms with van der Waals surface area (Å²) in [7, 11) is 0. The van der Waals surface area contributed by atoms with Crippen LogP contribution in [0.1, 0.15) is 39.5 Å². The number of carbonyl (C=O) groups excluding carboxylic acids is 2. The molecule has 0 radical (unpaired) electrons. The zero-order valence-corrected chi connectivity index (χ0v) is 14.1. The number of rotatable bonds is 6.